The second-order valence-electron chi connectivity index (χ2n) is 6.85. The first-order valence-corrected chi connectivity index (χ1v) is 9.80. The number of rotatable bonds is 8. The summed E-state index contributed by atoms with van der Waals surface area (Å²) in [5.74, 6) is 0.259. The van der Waals surface area contributed by atoms with E-state index in [0.717, 1.165) is 25.7 Å². The fourth-order valence-electron chi connectivity index (χ4n) is 3.18. The van der Waals surface area contributed by atoms with Crippen LogP contribution in [0.25, 0.3) is 0 Å². The number of carbonyl (C=O) groups excluding carboxylic acids is 2. The Labute approximate surface area is 165 Å². The van der Waals surface area contributed by atoms with Gasteiger partial charge in [-0.1, -0.05) is 38.3 Å². The van der Waals surface area contributed by atoms with Crippen LogP contribution in [0.15, 0.2) is 12.1 Å². The fraction of sp³-hybridized carbons (Fsp3) is 0.600. The molecule has 0 aliphatic heterocycles. The molecule has 6 nitrogen and oxygen atoms in total. The van der Waals surface area contributed by atoms with Crippen LogP contribution in [-0.4, -0.2) is 38.2 Å². The maximum atomic E-state index is 12.3. The monoisotopic (exact) mass is 397 g/mol. The van der Waals surface area contributed by atoms with Gasteiger partial charge in [0.05, 0.1) is 24.3 Å². The average molecular weight is 398 g/mol. The van der Waals surface area contributed by atoms with Crippen LogP contribution in [0.3, 0.4) is 0 Å². The van der Waals surface area contributed by atoms with E-state index in [0.29, 0.717) is 24.0 Å². The molecular formula is C20H28ClNO5. The van der Waals surface area contributed by atoms with Gasteiger partial charge in [-0.3, -0.25) is 4.79 Å². The number of hydrogen-bond acceptors (Lipinski definition) is 5. The van der Waals surface area contributed by atoms with Crippen LogP contribution in [-0.2, 0) is 9.53 Å². The Bertz CT molecular complexity index is 664. The van der Waals surface area contributed by atoms with Gasteiger partial charge in [0, 0.05) is 6.04 Å². The predicted molar refractivity (Wildman–Crippen MR) is 104 cm³/mol. The Balaban J connectivity index is 1.94. The van der Waals surface area contributed by atoms with Crippen molar-refractivity contribution in [1.29, 1.82) is 0 Å². The van der Waals surface area contributed by atoms with Gasteiger partial charge in [0.2, 0.25) is 0 Å². The van der Waals surface area contributed by atoms with Crippen LogP contribution in [0.2, 0.25) is 5.02 Å². The Morgan fingerprint density at radius 1 is 1.26 bits per heavy atom. The molecule has 1 N–H and O–H groups in total. The number of methoxy groups -OCH3 is 1. The van der Waals surface area contributed by atoms with E-state index in [9.17, 15) is 9.59 Å². The lowest BCUT2D eigenvalue weighted by Gasteiger charge is -2.29. The van der Waals surface area contributed by atoms with Gasteiger partial charge in [0.25, 0.3) is 5.91 Å². The number of ether oxygens (including phenoxy) is 3. The van der Waals surface area contributed by atoms with Crippen LogP contribution in [0.1, 0.15) is 56.3 Å². The fourth-order valence-corrected chi connectivity index (χ4v) is 3.44. The van der Waals surface area contributed by atoms with Crippen LogP contribution in [0.5, 0.6) is 11.5 Å². The highest BCUT2D eigenvalue weighted by molar-refractivity contribution is 6.32. The smallest absolute Gasteiger partial charge is 0.338 e. The third-order valence-electron chi connectivity index (χ3n) is 4.71. The molecule has 0 saturated heterocycles. The molecule has 1 amide bonds. The minimum absolute atomic E-state index is 0.148. The quantitative estimate of drug-likeness (QED) is 0.671. The zero-order chi connectivity index (χ0) is 19.8. The van der Waals surface area contributed by atoms with Crippen LogP contribution >= 0.6 is 11.6 Å². The molecule has 2 atom stereocenters. The van der Waals surface area contributed by atoms with Crippen molar-refractivity contribution >= 4 is 23.5 Å². The first kappa shape index (κ1) is 21.4. The SMILES string of the molecule is CCCOc1c(Cl)cc(C(=O)OCC(=O)N[C@H]2CCCC[C@@H]2C)cc1OC. The third kappa shape index (κ3) is 6.03. The lowest BCUT2D eigenvalue weighted by Crippen LogP contribution is -2.42. The number of benzene rings is 1. The highest BCUT2D eigenvalue weighted by atomic mass is 35.5. The number of hydrogen-bond donors (Lipinski definition) is 1. The molecule has 1 aromatic rings. The molecule has 0 unspecified atom stereocenters. The zero-order valence-electron chi connectivity index (χ0n) is 16.2. The molecule has 0 heterocycles. The molecular weight excluding hydrogens is 370 g/mol. The Morgan fingerprint density at radius 3 is 2.67 bits per heavy atom. The minimum atomic E-state index is -0.635. The molecule has 1 aliphatic carbocycles. The summed E-state index contributed by atoms with van der Waals surface area (Å²) in [6.07, 6.45) is 5.20. The Morgan fingerprint density at radius 2 is 2.00 bits per heavy atom. The highest BCUT2D eigenvalue weighted by Crippen LogP contribution is 2.36. The van der Waals surface area contributed by atoms with Crippen molar-refractivity contribution in [2.75, 3.05) is 20.3 Å². The van der Waals surface area contributed by atoms with Crippen LogP contribution in [0.4, 0.5) is 0 Å². The molecule has 1 aliphatic rings. The van der Waals surface area contributed by atoms with Crippen molar-refractivity contribution in [1.82, 2.24) is 5.32 Å². The van der Waals surface area contributed by atoms with E-state index in [1.54, 1.807) is 0 Å². The summed E-state index contributed by atoms with van der Waals surface area (Å²) < 4.78 is 16.0. The van der Waals surface area contributed by atoms with Gasteiger partial charge < -0.3 is 19.5 Å². The topological polar surface area (TPSA) is 73.9 Å². The molecule has 0 bridgehead atoms. The average Bonchev–Trinajstić information content (AvgIpc) is 2.66. The lowest BCUT2D eigenvalue weighted by molar-refractivity contribution is -0.125. The summed E-state index contributed by atoms with van der Waals surface area (Å²) in [6.45, 7) is 4.27. The Kier molecular flexibility index (Phi) is 8.23. The van der Waals surface area contributed by atoms with Crippen LogP contribution < -0.4 is 14.8 Å². The zero-order valence-corrected chi connectivity index (χ0v) is 16.9. The van der Waals surface area contributed by atoms with Gasteiger partial charge in [-0.05, 0) is 37.3 Å². The maximum Gasteiger partial charge on any atom is 0.338 e. The number of amides is 1. The molecule has 2 rings (SSSR count). The van der Waals surface area contributed by atoms with Gasteiger partial charge >= 0.3 is 5.97 Å². The number of halogens is 1. The summed E-state index contributed by atoms with van der Waals surface area (Å²) in [5.41, 5.74) is 0.208. The number of esters is 1. The largest absolute Gasteiger partial charge is 0.493 e. The molecule has 7 heteroatoms. The highest BCUT2D eigenvalue weighted by Gasteiger charge is 2.23. The predicted octanol–water partition coefficient (Wildman–Crippen LogP) is 3.99. The molecule has 1 saturated carbocycles. The van der Waals surface area contributed by atoms with E-state index in [1.807, 2.05) is 6.92 Å². The van der Waals surface area contributed by atoms with E-state index in [-0.39, 0.29) is 29.1 Å². The minimum Gasteiger partial charge on any atom is -0.493 e. The van der Waals surface area contributed by atoms with Crippen molar-refractivity contribution in [2.45, 2.75) is 52.0 Å². The second-order valence-corrected chi connectivity index (χ2v) is 7.26. The summed E-state index contributed by atoms with van der Waals surface area (Å²) in [5, 5.41) is 3.21. The second kappa shape index (κ2) is 10.4. The van der Waals surface area contributed by atoms with Gasteiger partial charge in [0.15, 0.2) is 18.1 Å². The molecule has 27 heavy (non-hydrogen) atoms. The van der Waals surface area contributed by atoms with Crippen molar-refractivity contribution in [2.24, 2.45) is 5.92 Å². The molecule has 0 radical (unpaired) electrons. The van der Waals surface area contributed by atoms with Gasteiger partial charge in [-0.2, -0.15) is 0 Å². The van der Waals surface area contributed by atoms with E-state index in [1.165, 1.54) is 25.7 Å². The Hall–Kier alpha value is -1.95. The van der Waals surface area contributed by atoms with Crippen molar-refractivity contribution in [3.05, 3.63) is 22.7 Å². The van der Waals surface area contributed by atoms with Gasteiger partial charge in [-0.25, -0.2) is 4.79 Å². The van der Waals surface area contributed by atoms with E-state index in [4.69, 9.17) is 25.8 Å². The molecule has 1 fully saturated rings. The van der Waals surface area contributed by atoms with Gasteiger partial charge in [-0.15, -0.1) is 0 Å². The maximum absolute atomic E-state index is 12.3. The van der Waals surface area contributed by atoms with Crippen molar-refractivity contribution in [3.8, 4) is 11.5 Å². The van der Waals surface area contributed by atoms with Crippen molar-refractivity contribution < 1.29 is 23.8 Å². The summed E-state index contributed by atoms with van der Waals surface area (Å²) in [4.78, 5) is 24.4. The first-order valence-electron chi connectivity index (χ1n) is 9.43. The summed E-state index contributed by atoms with van der Waals surface area (Å²) in [7, 11) is 1.47. The standard InChI is InChI=1S/C20H28ClNO5/c1-4-9-26-19-15(21)10-14(11-17(19)25-3)20(24)27-12-18(23)22-16-8-6-5-7-13(16)2/h10-11,13,16H,4-9,12H2,1-3H3,(H,22,23)/t13-,16-/m0/s1. The lowest BCUT2D eigenvalue weighted by atomic mass is 9.86. The molecule has 1 aromatic carbocycles. The van der Waals surface area contributed by atoms with E-state index in [2.05, 4.69) is 12.2 Å². The first-order chi connectivity index (χ1) is 13.0. The number of carbonyl (C=O) groups is 2. The van der Waals surface area contributed by atoms with Crippen molar-refractivity contribution in [3.63, 3.8) is 0 Å². The molecule has 0 spiro atoms. The third-order valence-corrected chi connectivity index (χ3v) is 4.99. The normalized spacial score (nSPS) is 19.3. The molecule has 150 valence electrons. The van der Waals surface area contributed by atoms with Crippen LogP contribution in [0, 0.1) is 5.92 Å². The number of nitrogens with one attached hydrogen (secondary N) is 1. The molecule has 0 aromatic heterocycles. The van der Waals surface area contributed by atoms with E-state index >= 15 is 0 Å². The van der Waals surface area contributed by atoms with E-state index < -0.39 is 5.97 Å². The summed E-state index contributed by atoms with van der Waals surface area (Å²) >= 11 is 6.21. The van der Waals surface area contributed by atoms with Gasteiger partial charge in [0.1, 0.15) is 0 Å². The summed E-state index contributed by atoms with van der Waals surface area (Å²) in [6, 6.07) is 3.10.